The number of methoxy groups -OCH3 is 2. The summed E-state index contributed by atoms with van der Waals surface area (Å²) in [7, 11) is 3.03. The number of fused-ring (bicyclic) bond motifs is 1. The number of aromatic carboxylic acids is 1. The maximum atomic E-state index is 13.9. The first-order chi connectivity index (χ1) is 20.2. The molecule has 4 aromatic rings. The minimum atomic E-state index is -1.16. The highest BCUT2D eigenvalue weighted by Crippen LogP contribution is 2.36. The lowest BCUT2D eigenvalue weighted by Crippen LogP contribution is -2.39. The number of halogens is 1. The molecule has 42 heavy (non-hydrogen) atoms. The van der Waals surface area contributed by atoms with Crippen molar-refractivity contribution in [3.05, 3.63) is 101 Å². The summed E-state index contributed by atoms with van der Waals surface area (Å²) in [6.45, 7) is 3.56. The van der Waals surface area contributed by atoms with Gasteiger partial charge in [0.15, 0.2) is 16.3 Å². The summed E-state index contributed by atoms with van der Waals surface area (Å²) in [6.07, 6.45) is 1.58. The van der Waals surface area contributed by atoms with Crippen LogP contribution in [0.2, 0.25) is 5.02 Å². The average molecular weight is 609 g/mol. The van der Waals surface area contributed by atoms with E-state index in [-0.39, 0.29) is 28.3 Å². The number of nitrogens with zero attached hydrogens (tertiary/aromatic N) is 2. The number of carboxylic acid groups (broad SMARTS) is 1. The van der Waals surface area contributed by atoms with Gasteiger partial charge in [-0.15, -0.1) is 0 Å². The molecule has 1 N–H and O–H groups in total. The van der Waals surface area contributed by atoms with E-state index < -0.39 is 18.0 Å². The van der Waals surface area contributed by atoms with Gasteiger partial charge in [0.25, 0.3) is 5.56 Å². The molecule has 0 bridgehead atoms. The van der Waals surface area contributed by atoms with E-state index in [1.165, 1.54) is 30.9 Å². The summed E-state index contributed by atoms with van der Waals surface area (Å²) < 4.78 is 23.9. The molecule has 2 aromatic carbocycles. The monoisotopic (exact) mass is 608 g/mol. The SMILES string of the molecule is CCOC(=O)C1=C(C)N=c2s/c(=C\c3ccc(-c4ccc(Cl)c(C(=O)O)c4)o3)c(=O)n2[C@H]1c1ccc(OC)c(OC)c1. The molecular formula is C30H25ClN2O8S. The van der Waals surface area contributed by atoms with Gasteiger partial charge >= 0.3 is 11.9 Å². The second kappa shape index (κ2) is 11.7. The maximum absolute atomic E-state index is 13.9. The highest BCUT2D eigenvalue weighted by Gasteiger charge is 2.34. The number of allylic oxidation sites excluding steroid dienone is 1. The number of carbonyl (C=O) groups is 2. The van der Waals surface area contributed by atoms with Crippen molar-refractivity contribution in [2.24, 2.45) is 4.99 Å². The predicted molar refractivity (Wildman–Crippen MR) is 156 cm³/mol. The van der Waals surface area contributed by atoms with E-state index in [4.69, 9.17) is 30.2 Å². The third-order valence-corrected chi connectivity index (χ3v) is 7.93. The fourth-order valence-corrected chi connectivity index (χ4v) is 5.91. The van der Waals surface area contributed by atoms with E-state index in [1.54, 1.807) is 56.3 Å². The van der Waals surface area contributed by atoms with Gasteiger partial charge in [0.1, 0.15) is 11.5 Å². The molecule has 0 saturated heterocycles. The van der Waals surface area contributed by atoms with Crippen molar-refractivity contribution < 1.29 is 33.3 Å². The van der Waals surface area contributed by atoms with Crippen molar-refractivity contribution in [3.63, 3.8) is 0 Å². The van der Waals surface area contributed by atoms with Crippen molar-refractivity contribution >= 4 is 41.0 Å². The van der Waals surface area contributed by atoms with Crippen molar-refractivity contribution in [2.75, 3.05) is 20.8 Å². The molecule has 1 aliphatic rings. The van der Waals surface area contributed by atoms with E-state index in [0.29, 0.717) is 49.2 Å². The Morgan fingerprint density at radius 3 is 2.57 bits per heavy atom. The number of hydrogen-bond donors (Lipinski definition) is 1. The fraction of sp³-hybridized carbons (Fsp3) is 0.200. The van der Waals surface area contributed by atoms with Crippen LogP contribution in [0.3, 0.4) is 0 Å². The maximum Gasteiger partial charge on any atom is 0.338 e. The molecule has 5 rings (SSSR count). The molecular weight excluding hydrogens is 584 g/mol. The number of hydrogen-bond acceptors (Lipinski definition) is 9. The van der Waals surface area contributed by atoms with Gasteiger partial charge < -0.3 is 23.7 Å². The first-order valence-electron chi connectivity index (χ1n) is 12.7. The minimum absolute atomic E-state index is 0.0524. The van der Waals surface area contributed by atoms with E-state index in [9.17, 15) is 19.5 Å². The standard InChI is InChI=1S/C30H25ClN2O8S/c1-5-40-29(37)25-15(2)32-30-33(26(25)17-7-10-22(38-3)23(13-17)39-4)27(34)24(42-30)14-18-8-11-21(41-18)16-6-9-20(31)19(12-16)28(35)36/h6-14,26H,5H2,1-4H3,(H,35,36)/b24-14-/t26-/m0/s1. The summed E-state index contributed by atoms with van der Waals surface area (Å²) in [4.78, 5) is 43.5. The quantitative estimate of drug-likeness (QED) is 0.291. The predicted octanol–water partition coefficient (Wildman–Crippen LogP) is 4.43. The molecule has 0 unspecified atom stereocenters. The van der Waals surface area contributed by atoms with Gasteiger partial charge in [0, 0.05) is 11.6 Å². The van der Waals surface area contributed by atoms with Gasteiger partial charge in [-0.05, 0) is 61.9 Å². The second-order valence-corrected chi connectivity index (χ2v) is 10.5. The Labute approximate surface area is 248 Å². The van der Waals surface area contributed by atoms with Crippen LogP contribution in [0.25, 0.3) is 17.4 Å². The highest BCUT2D eigenvalue weighted by molar-refractivity contribution is 7.07. The smallest absolute Gasteiger partial charge is 0.338 e. The van der Waals surface area contributed by atoms with Crippen molar-refractivity contribution in [2.45, 2.75) is 19.9 Å². The lowest BCUT2D eigenvalue weighted by atomic mass is 9.95. The zero-order chi connectivity index (χ0) is 30.1. The largest absolute Gasteiger partial charge is 0.493 e. The Hall–Kier alpha value is -4.61. The average Bonchev–Trinajstić information content (AvgIpc) is 3.56. The van der Waals surface area contributed by atoms with Crippen LogP contribution in [0.15, 0.2) is 74.0 Å². The molecule has 1 atom stereocenters. The lowest BCUT2D eigenvalue weighted by molar-refractivity contribution is -0.139. The molecule has 216 valence electrons. The van der Waals surface area contributed by atoms with Crippen LogP contribution in [0, 0.1) is 0 Å². The van der Waals surface area contributed by atoms with Crippen LogP contribution < -0.4 is 24.4 Å². The number of ether oxygens (including phenoxy) is 3. The van der Waals surface area contributed by atoms with Crippen LogP contribution in [-0.4, -0.2) is 42.4 Å². The molecule has 0 amide bonds. The summed E-state index contributed by atoms with van der Waals surface area (Å²) in [5.41, 5.74) is 1.35. The van der Waals surface area contributed by atoms with Gasteiger partial charge in [-0.3, -0.25) is 9.36 Å². The van der Waals surface area contributed by atoms with Gasteiger partial charge in [-0.2, -0.15) is 0 Å². The van der Waals surface area contributed by atoms with Crippen LogP contribution in [-0.2, 0) is 9.53 Å². The molecule has 12 heteroatoms. The Bertz CT molecular complexity index is 1930. The molecule has 2 aromatic heterocycles. The van der Waals surface area contributed by atoms with E-state index in [2.05, 4.69) is 4.99 Å². The first-order valence-corrected chi connectivity index (χ1v) is 13.9. The van der Waals surface area contributed by atoms with E-state index in [1.807, 2.05) is 0 Å². The number of thiazole rings is 1. The van der Waals surface area contributed by atoms with Crippen molar-refractivity contribution in [3.8, 4) is 22.8 Å². The summed E-state index contributed by atoms with van der Waals surface area (Å²) >= 11 is 7.14. The minimum Gasteiger partial charge on any atom is -0.493 e. The second-order valence-electron chi connectivity index (χ2n) is 9.12. The lowest BCUT2D eigenvalue weighted by Gasteiger charge is -2.25. The van der Waals surface area contributed by atoms with Crippen LogP contribution in [0.1, 0.15) is 41.6 Å². The molecule has 0 spiro atoms. The van der Waals surface area contributed by atoms with Crippen LogP contribution in [0.4, 0.5) is 0 Å². The Morgan fingerprint density at radius 2 is 1.88 bits per heavy atom. The number of rotatable bonds is 8. The molecule has 1 aliphatic heterocycles. The number of carbonyl (C=O) groups excluding carboxylic acids is 1. The molecule has 0 aliphatic carbocycles. The number of furan rings is 1. The molecule has 0 radical (unpaired) electrons. The number of benzene rings is 2. The molecule has 0 fully saturated rings. The zero-order valence-electron chi connectivity index (χ0n) is 23.0. The summed E-state index contributed by atoms with van der Waals surface area (Å²) in [6, 6.07) is 12.2. The van der Waals surface area contributed by atoms with Crippen molar-refractivity contribution in [1.29, 1.82) is 0 Å². The first kappa shape index (κ1) is 28.9. The normalized spacial score (nSPS) is 14.8. The Morgan fingerprint density at radius 1 is 1.12 bits per heavy atom. The van der Waals surface area contributed by atoms with Gasteiger partial charge in [-0.25, -0.2) is 14.6 Å². The van der Waals surface area contributed by atoms with Crippen molar-refractivity contribution in [1.82, 2.24) is 4.57 Å². The topological polar surface area (TPSA) is 130 Å². The van der Waals surface area contributed by atoms with Gasteiger partial charge in [0.2, 0.25) is 0 Å². The third-order valence-electron chi connectivity index (χ3n) is 6.62. The molecule has 0 saturated carbocycles. The third kappa shape index (κ3) is 5.24. The zero-order valence-corrected chi connectivity index (χ0v) is 24.5. The van der Waals surface area contributed by atoms with Crippen LogP contribution in [0.5, 0.6) is 11.5 Å². The Balaban J connectivity index is 1.63. The van der Waals surface area contributed by atoms with Crippen LogP contribution >= 0.6 is 22.9 Å². The van der Waals surface area contributed by atoms with Gasteiger partial charge in [0.05, 0.1) is 53.3 Å². The van der Waals surface area contributed by atoms with E-state index >= 15 is 0 Å². The molecule has 3 heterocycles. The fourth-order valence-electron chi connectivity index (χ4n) is 4.69. The Kier molecular flexibility index (Phi) is 8.06. The number of carboxylic acids is 1. The number of aromatic nitrogens is 1. The highest BCUT2D eigenvalue weighted by atomic mass is 35.5. The summed E-state index contributed by atoms with van der Waals surface area (Å²) in [5.74, 6) is -0.0328. The van der Waals surface area contributed by atoms with E-state index in [0.717, 1.165) is 11.3 Å². The number of esters is 1. The van der Waals surface area contributed by atoms with Gasteiger partial charge in [-0.1, -0.05) is 29.0 Å². The summed E-state index contributed by atoms with van der Waals surface area (Å²) in [5, 5.41) is 9.51. The molecule has 10 nitrogen and oxygen atoms in total.